The zero-order chi connectivity index (χ0) is 21.8. The topological polar surface area (TPSA) is 93.7 Å². The maximum Gasteiger partial charge on any atom is 0.261 e. The Balaban J connectivity index is 1.39. The number of fused-ring (bicyclic) bond motifs is 1. The van der Waals surface area contributed by atoms with E-state index in [1.165, 1.54) is 24.3 Å². The molecule has 9 heteroatoms. The lowest BCUT2D eigenvalue weighted by Gasteiger charge is -2.19. The van der Waals surface area contributed by atoms with Crippen LogP contribution in [-0.2, 0) is 16.6 Å². The molecule has 0 atom stereocenters. The van der Waals surface area contributed by atoms with Crippen molar-refractivity contribution >= 4 is 33.2 Å². The summed E-state index contributed by atoms with van der Waals surface area (Å²) in [5.74, 6) is 1.02. The molecular formula is C22H19ClN2O5S. The van der Waals surface area contributed by atoms with Gasteiger partial charge in [0.15, 0.2) is 11.5 Å². The fraction of sp³-hybridized carbons (Fsp3) is 0.136. The van der Waals surface area contributed by atoms with Gasteiger partial charge in [-0.3, -0.25) is 9.52 Å². The van der Waals surface area contributed by atoms with Gasteiger partial charge in [0.1, 0.15) is 13.2 Å². The lowest BCUT2D eigenvalue weighted by Crippen LogP contribution is -2.23. The maximum absolute atomic E-state index is 12.5. The van der Waals surface area contributed by atoms with E-state index >= 15 is 0 Å². The molecule has 0 bridgehead atoms. The number of carbonyl (C=O) groups excluding carboxylic acids is 1. The molecule has 0 saturated carbocycles. The smallest absolute Gasteiger partial charge is 0.261 e. The Morgan fingerprint density at radius 1 is 0.903 bits per heavy atom. The Labute approximate surface area is 185 Å². The number of ether oxygens (including phenoxy) is 2. The fourth-order valence-corrected chi connectivity index (χ4v) is 4.18. The second kappa shape index (κ2) is 8.87. The van der Waals surface area contributed by atoms with Crippen molar-refractivity contribution in [3.05, 3.63) is 82.9 Å². The van der Waals surface area contributed by atoms with Gasteiger partial charge >= 0.3 is 0 Å². The zero-order valence-electron chi connectivity index (χ0n) is 16.3. The van der Waals surface area contributed by atoms with Crippen molar-refractivity contribution in [2.24, 2.45) is 0 Å². The summed E-state index contributed by atoms with van der Waals surface area (Å²) in [5, 5.41) is 3.32. The highest BCUT2D eigenvalue weighted by atomic mass is 35.5. The van der Waals surface area contributed by atoms with Crippen LogP contribution in [-0.4, -0.2) is 27.5 Å². The van der Waals surface area contributed by atoms with E-state index in [2.05, 4.69) is 10.0 Å². The first-order valence-corrected chi connectivity index (χ1v) is 11.3. The van der Waals surface area contributed by atoms with Gasteiger partial charge in [0.25, 0.3) is 15.9 Å². The van der Waals surface area contributed by atoms with E-state index in [9.17, 15) is 13.2 Å². The van der Waals surface area contributed by atoms with Gasteiger partial charge in [-0.1, -0.05) is 17.7 Å². The molecule has 0 spiro atoms. The van der Waals surface area contributed by atoms with E-state index < -0.39 is 10.0 Å². The van der Waals surface area contributed by atoms with Crippen LogP contribution in [0.15, 0.2) is 71.6 Å². The van der Waals surface area contributed by atoms with Crippen LogP contribution in [0.1, 0.15) is 15.9 Å². The van der Waals surface area contributed by atoms with Crippen molar-refractivity contribution in [2.45, 2.75) is 11.4 Å². The summed E-state index contributed by atoms with van der Waals surface area (Å²) in [6.07, 6.45) is 0. The number of amides is 1. The molecule has 31 heavy (non-hydrogen) atoms. The molecule has 3 aromatic carbocycles. The number of hydrogen-bond donors (Lipinski definition) is 2. The van der Waals surface area contributed by atoms with Gasteiger partial charge in [0.05, 0.1) is 4.90 Å². The highest BCUT2D eigenvalue weighted by Crippen LogP contribution is 2.30. The van der Waals surface area contributed by atoms with E-state index in [1.807, 2.05) is 18.2 Å². The fourth-order valence-electron chi connectivity index (χ4n) is 3.00. The van der Waals surface area contributed by atoms with Crippen LogP contribution < -0.4 is 19.5 Å². The Morgan fingerprint density at radius 2 is 1.58 bits per heavy atom. The molecule has 0 aromatic heterocycles. The molecule has 1 aliphatic heterocycles. The molecule has 0 radical (unpaired) electrons. The first-order chi connectivity index (χ1) is 14.9. The van der Waals surface area contributed by atoms with Crippen LogP contribution in [0.3, 0.4) is 0 Å². The first-order valence-electron chi connectivity index (χ1n) is 9.46. The lowest BCUT2D eigenvalue weighted by atomic mass is 10.1. The van der Waals surface area contributed by atoms with Gasteiger partial charge in [-0.05, 0) is 66.2 Å². The molecule has 1 amide bonds. The number of sulfonamides is 1. The molecule has 1 heterocycles. The molecule has 0 saturated heterocycles. The van der Waals surface area contributed by atoms with E-state index in [-0.39, 0.29) is 10.8 Å². The number of carbonyl (C=O) groups is 1. The summed E-state index contributed by atoms with van der Waals surface area (Å²) in [6.45, 7) is 1.31. The number of nitrogens with one attached hydrogen (secondary N) is 2. The quantitative estimate of drug-likeness (QED) is 0.585. The SMILES string of the molecule is O=C(NCc1ccc2c(c1)OCCO2)c1ccc(S(=O)(=O)Nc2ccc(Cl)cc2)cc1. The molecule has 0 unspecified atom stereocenters. The van der Waals surface area contributed by atoms with Crippen LogP contribution in [0.5, 0.6) is 11.5 Å². The Kier molecular flexibility index (Phi) is 6.01. The molecule has 2 N–H and O–H groups in total. The number of rotatable bonds is 6. The Bertz CT molecular complexity index is 1200. The largest absolute Gasteiger partial charge is 0.486 e. The average molecular weight is 459 g/mol. The third-order valence-electron chi connectivity index (χ3n) is 4.58. The summed E-state index contributed by atoms with van der Waals surface area (Å²) >= 11 is 5.82. The van der Waals surface area contributed by atoms with Gasteiger partial charge in [0, 0.05) is 22.8 Å². The minimum absolute atomic E-state index is 0.0471. The van der Waals surface area contributed by atoms with Gasteiger partial charge in [-0.15, -0.1) is 0 Å². The van der Waals surface area contributed by atoms with Gasteiger partial charge < -0.3 is 14.8 Å². The number of halogens is 1. The lowest BCUT2D eigenvalue weighted by molar-refractivity contribution is 0.0950. The Morgan fingerprint density at radius 3 is 2.29 bits per heavy atom. The second-order valence-electron chi connectivity index (χ2n) is 6.80. The summed E-state index contributed by atoms with van der Waals surface area (Å²) in [7, 11) is -3.78. The van der Waals surface area contributed by atoms with Gasteiger partial charge in [-0.25, -0.2) is 8.42 Å². The molecule has 160 valence electrons. The van der Waals surface area contributed by atoms with E-state index in [4.69, 9.17) is 21.1 Å². The molecule has 1 aliphatic rings. The highest BCUT2D eigenvalue weighted by Gasteiger charge is 2.16. The highest BCUT2D eigenvalue weighted by molar-refractivity contribution is 7.92. The average Bonchev–Trinajstić information content (AvgIpc) is 2.79. The number of hydrogen-bond acceptors (Lipinski definition) is 5. The first kappa shape index (κ1) is 21.0. The number of anilines is 1. The predicted octanol–water partition coefficient (Wildman–Crippen LogP) is 3.84. The summed E-state index contributed by atoms with van der Waals surface area (Å²) in [4.78, 5) is 12.5. The van der Waals surface area contributed by atoms with Crippen molar-refractivity contribution in [2.75, 3.05) is 17.9 Å². The third-order valence-corrected chi connectivity index (χ3v) is 6.23. The molecule has 4 rings (SSSR count). The van der Waals surface area contributed by atoms with Crippen LogP contribution in [0.4, 0.5) is 5.69 Å². The summed E-state index contributed by atoms with van der Waals surface area (Å²) in [5.41, 5.74) is 1.61. The van der Waals surface area contributed by atoms with Crippen molar-refractivity contribution < 1.29 is 22.7 Å². The normalized spacial score (nSPS) is 12.8. The Hall–Kier alpha value is -3.23. The summed E-state index contributed by atoms with van der Waals surface area (Å²) < 4.78 is 38.6. The molecule has 7 nitrogen and oxygen atoms in total. The van der Waals surface area contributed by atoms with Crippen molar-refractivity contribution in [3.63, 3.8) is 0 Å². The van der Waals surface area contributed by atoms with Crippen LogP contribution in [0.2, 0.25) is 5.02 Å². The maximum atomic E-state index is 12.5. The zero-order valence-corrected chi connectivity index (χ0v) is 17.9. The molecule has 0 aliphatic carbocycles. The third kappa shape index (κ3) is 5.10. The standard InChI is InChI=1S/C22H19ClN2O5S/c23-17-4-6-18(7-5-17)25-31(27,28)19-8-2-16(3-9-19)22(26)24-14-15-1-10-20-21(13-15)30-12-11-29-20/h1-10,13,25H,11-12,14H2,(H,24,26). The van der Waals surface area contributed by atoms with Crippen LogP contribution >= 0.6 is 11.6 Å². The predicted molar refractivity (Wildman–Crippen MR) is 117 cm³/mol. The van der Waals surface area contributed by atoms with Crippen molar-refractivity contribution in [1.29, 1.82) is 0 Å². The van der Waals surface area contributed by atoms with Gasteiger partial charge in [-0.2, -0.15) is 0 Å². The minimum atomic E-state index is -3.78. The monoisotopic (exact) mass is 458 g/mol. The van der Waals surface area contributed by atoms with E-state index in [0.717, 1.165) is 5.56 Å². The van der Waals surface area contributed by atoms with E-state index in [1.54, 1.807) is 24.3 Å². The van der Waals surface area contributed by atoms with Gasteiger partial charge in [0.2, 0.25) is 0 Å². The molecule has 3 aromatic rings. The van der Waals surface area contributed by atoms with E-state index in [0.29, 0.717) is 47.5 Å². The van der Waals surface area contributed by atoms with Crippen LogP contribution in [0, 0.1) is 0 Å². The second-order valence-corrected chi connectivity index (χ2v) is 8.92. The summed E-state index contributed by atoms with van der Waals surface area (Å²) in [6, 6.07) is 17.5. The van der Waals surface area contributed by atoms with Crippen molar-refractivity contribution in [1.82, 2.24) is 5.32 Å². The minimum Gasteiger partial charge on any atom is -0.486 e. The number of benzene rings is 3. The van der Waals surface area contributed by atoms with Crippen LogP contribution in [0.25, 0.3) is 0 Å². The molecular weight excluding hydrogens is 440 g/mol. The van der Waals surface area contributed by atoms with Crippen molar-refractivity contribution in [3.8, 4) is 11.5 Å². The molecule has 0 fully saturated rings.